The molecule has 3 heterocycles. The lowest BCUT2D eigenvalue weighted by molar-refractivity contribution is -0.184. The number of nitrogens with zero attached hydrogens (tertiary/aromatic N) is 9. The van der Waals surface area contributed by atoms with E-state index in [1.807, 2.05) is 48.5 Å². The van der Waals surface area contributed by atoms with Crippen LogP contribution in [0.3, 0.4) is 0 Å². The van der Waals surface area contributed by atoms with E-state index in [1.165, 1.54) is 90.7 Å². The van der Waals surface area contributed by atoms with Crippen LogP contribution in [0.4, 0.5) is 13.2 Å². The maximum Gasteiger partial charge on any atom is 0.391 e. The summed E-state index contributed by atoms with van der Waals surface area (Å²) in [4.78, 5) is 193. The van der Waals surface area contributed by atoms with Gasteiger partial charge in [0.25, 0.3) is 0 Å². The van der Waals surface area contributed by atoms with Gasteiger partial charge in [-0.2, -0.15) is 13.2 Å². The van der Waals surface area contributed by atoms with E-state index in [0.717, 1.165) is 9.80 Å². The Hall–Kier alpha value is -6.29. The Bertz CT molecular complexity index is 3140. The van der Waals surface area contributed by atoms with Gasteiger partial charge in [-0.1, -0.05) is 86.8 Å². The molecule has 25 nitrogen and oxygen atoms in total. The van der Waals surface area contributed by atoms with Crippen molar-refractivity contribution in [3.63, 3.8) is 0 Å². The third-order valence-corrected chi connectivity index (χ3v) is 24.6. The van der Waals surface area contributed by atoms with E-state index in [4.69, 9.17) is 27.9 Å². The van der Waals surface area contributed by atoms with Gasteiger partial charge in [0.1, 0.15) is 53.9 Å². The van der Waals surface area contributed by atoms with Gasteiger partial charge in [0, 0.05) is 87.9 Å². The zero-order valence-electron chi connectivity index (χ0n) is 65.9. The quantitative estimate of drug-likeness (QED) is 0.110. The lowest BCUT2D eigenvalue weighted by atomic mass is 9.58. The SMILES string of the molecule is CCO[C@@H]1C[C@H]2C(=O)NC3(CC(C)(C)C3)C(=O)N(C)[C@@H](C(CC)CC)C(=O)N(C)[C@H](C(=O)N(C)C)CC(=O)N(C)[C@@H](CC(C)C)C(=O)N[C@@H]([C@@H](C)CC)C(=O)N(C)CC(=O)N(C)[C@H]3C/C=C\CCN(C3=O)[C@@H](CC3CCC(C(F)(F)F)CC3)C(=O)N(C)CC(=O)N[C@@H](CCC3CCC(Cl)C(Cl)C3)C(=O)N2C1. The van der Waals surface area contributed by atoms with Gasteiger partial charge in [-0.15, -0.1) is 23.2 Å². The molecule has 0 aromatic rings. The summed E-state index contributed by atoms with van der Waals surface area (Å²) in [7, 11) is 11.3. The third-order valence-electron chi connectivity index (χ3n) is 23.4. The van der Waals surface area contributed by atoms with Gasteiger partial charge < -0.3 is 64.8 Å². The number of halogens is 5. The van der Waals surface area contributed by atoms with Crippen molar-refractivity contribution in [1.82, 2.24) is 60.0 Å². The number of nitrogens with one attached hydrogen (secondary N) is 3. The number of fused-ring (bicyclic) bond motifs is 3. The molecular formula is C76H123Cl2F3N12O13. The molecule has 13 atom stereocenters. The molecule has 3 saturated carbocycles. The van der Waals surface area contributed by atoms with Crippen LogP contribution < -0.4 is 16.0 Å². The van der Waals surface area contributed by atoms with E-state index in [-0.39, 0.29) is 119 Å². The van der Waals surface area contributed by atoms with Gasteiger partial charge in [0.2, 0.25) is 70.9 Å². The predicted molar refractivity (Wildman–Crippen MR) is 397 cm³/mol. The standard InChI is InChI=1S/C76H123Cl2F3N12O13/c1-18-46(7)63-71(103)87(13)42-62(96)88(14)55-25-23-22-24-34-92(70(55)102)59(37-48-26-30-50(31-27-48)76(79,80)81)69(101)86(12)41-60(94)82-54(33-29-47-28-32-52(77)53(78)36-47)67(99)93-40-51(106-21-4)38-57(93)66(98)84-75(43-74(8,9)44-75)73(105)91(17)64(49(19-2)20-3)72(104)90(16)58(68(100)85(10)11)39-61(95)89(15)56(35-45(5)6)65(97)83-63/h22-23,45-59,63-64H,18-21,24-44H2,1-17H3,(H,82,94)(H,83,97)(H,84,98)/b23-22-/t46-,47?,48?,50?,51+,52?,53?,54-,55-,56-,57-,58-,59-,63-,64-/m0/s1. The number of carbonyl (C=O) groups is 12. The van der Waals surface area contributed by atoms with Gasteiger partial charge in [-0.05, 0) is 138 Å². The van der Waals surface area contributed by atoms with Crippen molar-refractivity contribution in [2.75, 3.05) is 89.2 Å². The van der Waals surface area contributed by atoms with Gasteiger partial charge in [0.05, 0.1) is 36.9 Å². The van der Waals surface area contributed by atoms with E-state index in [2.05, 4.69) is 16.0 Å². The Morgan fingerprint density at radius 3 is 1.85 bits per heavy atom. The van der Waals surface area contributed by atoms with E-state index < -0.39 is 186 Å². The minimum absolute atomic E-state index is 0.0113. The molecule has 30 heteroatoms. The molecule has 3 unspecified atom stereocenters. The first-order chi connectivity index (χ1) is 49.6. The average molecular weight is 1540 g/mol. The third kappa shape index (κ3) is 22.0. The number of carbonyl (C=O) groups excluding carboxylic acids is 12. The first kappa shape index (κ1) is 88.6. The smallest absolute Gasteiger partial charge is 0.377 e. The maximum absolute atomic E-state index is 15.8. The minimum Gasteiger partial charge on any atom is -0.377 e. The van der Waals surface area contributed by atoms with Gasteiger partial charge in [0.15, 0.2) is 0 Å². The average Bonchev–Trinajstić information content (AvgIpc) is 0.887. The Morgan fingerprint density at radius 1 is 0.660 bits per heavy atom. The summed E-state index contributed by atoms with van der Waals surface area (Å²) in [6.45, 7) is 15.4. The zero-order valence-corrected chi connectivity index (χ0v) is 67.4. The summed E-state index contributed by atoms with van der Waals surface area (Å²) < 4.78 is 48.6. The number of likely N-dealkylation sites (N-methyl/N-ethyl adjacent to an activating group) is 7. The molecule has 2 saturated heterocycles. The van der Waals surface area contributed by atoms with E-state index >= 15 is 28.8 Å². The van der Waals surface area contributed by atoms with Gasteiger partial charge in [-0.3, -0.25) is 57.5 Å². The van der Waals surface area contributed by atoms with Crippen molar-refractivity contribution < 1.29 is 75.4 Å². The molecule has 0 radical (unpaired) electrons. The van der Waals surface area contributed by atoms with Crippen LogP contribution in [-0.2, 0) is 62.3 Å². The lowest BCUT2D eigenvalue weighted by Gasteiger charge is -2.54. The molecule has 2 bridgehead atoms. The molecule has 600 valence electrons. The molecule has 0 aromatic carbocycles. The van der Waals surface area contributed by atoms with Crippen molar-refractivity contribution in [1.29, 1.82) is 0 Å². The highest BCUT2D eigenvalue weighted by atomic mass is 35.5. The topological polar surface area (TPSA) is 279 Å². The number of hydrogen-bond donors (Lipinski definition) is 3. The van der Waals surface area contributed by atoms with E-state index in [1.54, 1.807) is 26.0 Å². The van der Waals surface area contributed by atoms with Crippen LogP contribution in [0.1, 0.15) is 191 Å². The van der Waals surface area contributed by atoms with Crippen LogP contribution in [-0.4, -0.2) is 281 Å². The largest absolute Gasteiger partial charge is 0.391 e. The summed E-state index contributed by atoms with van der Waals surface area (Å²) in [6.07, 6.45) is 1.26. The first-order valence-corrected chi connectivity index (χ1v) is 39.3. The highest BCUT2D eigenvalue weighted by molar-refractivity contribution is 6.30. The fourth-order valence-electron chi connectivity index (χ4n) is 16.9. The monoisotopic (exact) mass is 1540 g/mol. The van der Waals surface area contributed by atoms with Crippen LogP contribution in [0, 0.1) is 40.9 Å². The van der Waals surface area contributed by atoms with Crippen LogP contribution in [0.2, 0.25) is 0 Å². The van der Waals surface area contributed by atoms with E-state index in [9.17, 15) is 41.9 Å². The van der Waals surface area contributed by atoms with Crippen molar-refractivity contribution in [2.24, 2.45) is 40.9 Å². The molecule has 1 spiro atoms. The van der Waals surface area contributed by atoms with Crippen molar-refractivity contribution >= 4 is 94.1 Å². The Labute approximate surface area is 636 Å². The highest BCUT2D eigenvalue weighted by Crippen LogP contribution is 2.50. The van der Waals surface area contributed by atoms with E-state index in [0.29, 0.717) is 44.9 Å². The molecular weight excluding hydrogens is 1420 g/mol. The highest BCUT2D eigenvalue weighted by Gasteiger charge is 2.59. The molecule has 3 aliphatic heterocycles. The molecule has 12 amide bonds. The fraction of sp³-hybridized carbons (Fsp3) is 0.816. The number of ether oxygens (including phenoxy) is 1. The Balaban J connectivity index is 1.50. The summed E-state index contributed by atoms with van der Waals surface area (Å²) >= 11 is 13.3. The summed E-state index contributed by atoms with van der Waals surface area (Å²) in [5, 5.41) is 8.24. The Kier molecular flexibility index (Phi) is 32.1. The molecule has 6 aliphatic rings. The molecule has 106 heavy (non-hydrogen) atoms. The van der Waals surface area contributed by atoms with Crippen molar-refractivity contribution in [3.05, 3.63) is 12.2 Å². The Morgan fingerprint density at radius 2 is 1.28 bits per heavy atom. The van der Waals surface area contributed by atoms with Crippen LogP contribution in [0.15, 0.2) is 12.2 Å². The normalized spacial score (nSPS) is 31.1. The fourth-order valence-corrected chi connectivity index (χ4v) is 17.6. The number of alkyl halides is 5. The second kappa shape index (κ2) is 38.4. The molecule has 3 N–H and O–H groups in total. The van der Waals surface area contributed by atoms with Crippen LogP contribution in [0.5, 0.6) is 0 Å². The molecule has 6 rings (SSSR count). The second-order valence-corrected chi connectivity index (χ2v) is 33.7. The molecule has 3 aliphatic carbocycles. The first-order valence-electron chi connectivity index (χ1n) is 38.5. The number of hydrogen-bond acceptors (Lipinski definition) is 13. The van der Waals surface area contributed by atoms with Gasteiger partial charge in [-0.25, -0.2) is 0 Å². The molecule has 5 fully saturated rings. The van der Waals surface area contributed by atoms with Crippen LogP contribution >= 0.6 is 23.2 Å². The lowest BCUT2D eigenvalue weighted by Crippen LogP contribution is -2.71. The second-order valence-electron chi connectivity index (χ2n) is 32.6. The number of amides is 12. The minimum atomic E-state index is -4.44. The molecule has 0 aromatic heterocycles. The summed E-state index contributed by atoms with van der Waals surface area (Å²) in [6, 6.07) is -10.5. The van der Waals surface area contributed by atoms with Gasteiger partial charge >= 0.3 is 6.18 Å². The number of rotatable bonds is 15. The van der Waals surface area contributed by atoms with Crippen LogP contribution in [0.25, 0.3) is 0 Å². The summed E-state index contributed by atoms with van der Waals surface area (Å²) in [5.41, 5.74) is -2.16. The van der Waals surface area contributed by atoms with Crippen molar-refractivity contribution in [3.8, 4) is 0 Å². The van der Waals surface area contributed by atoms with Crippen molar-refractivity contribution in [2.45, 2.75) is 268 Å². The predicted octanol–water partition coefficient (Wildman–Crippen LogP) is 6.98. The zero-order chi connectivity index (χ0) is 79.4. The summed E-state index contributed by atoms with van der Waals surface area (Å²) in [5.74, 6) is -11.6. The maximum atomic E-state index is 15.8.